The van der Waals surface area contributed by atoms with E-state index >= 15 is 0 Å². The van der Waals surface area contributed by atoms with Crippen LogP contribution in [0, 0.1) is 5.92 Å². The Balaban J connectivity index is 0.808. The molecule has 13 aromatic carbocycles. The van der Waals surface area contributed by atoms with Gasteiger partial charge in [0, 0.05) is 117 Å². The Kier molecular flexibility index (Phi) is 10.9. The van der Waals surface area contributed by atoms with Crippen LogP contribution < -0.4 is 0 Å². The third-order valence-corrected chi connectivity index (χ3v) is 21.9. The molecule has 0 aliphatic heterocycles. The van der Waals surface area contributed by atoms with Crippen LogP contribution in [0.2, 0.25) is 0 Å². The van der Waals surface area contributed by atoms with Crippen molar-refractivity contribution < 1.29 is 8.83 Å². The maximum atomic E-state index is 6.99. The SMILES string of the molecule is CC1C=Cc2c(c3ccccc3n2-c2cc(-c3cc(-c4ccc5oc6c(-c7cccc8c7sc7ccccc78)cccc6c5c4)cc(-n4c5ccccc5c5ccccc54)c3)cc(-c3ccc4oc5c(-c6cccc7c6sc6ccccc67)cccc5c4c3)c2)C1. The zero-order chi connectivity index (χ0) is 59.6. The molecule has 0 saturated carbocycles. The topological polar surface area (TPSA) is 36.1 Å². The Labute approximate surface area is 530 Å². The van der Waals surface area contributed by atoms with Crippen molar-refractivity contribution in [1.29, 1.82) is 0 Å². The van der Waals surface area contributed by atoms with Gasteiger partial charge in [0.15, 0.2) is 0 Å². The van der Waals surface area contributed by atoms with Crippen LogP contribution in [0.3, 0.4) is 0 Å². The smallest absolute Gasteiger partial charge is 0.143 e. The van der Waals surface area contributed by atoms with E-state index in [0.717, 1.165) is 117 Å². The highest BCUT2D eigenvalue weighted by Crippen LogP contribution is 2.48. The van der Waals surface area contributed by atoms with Crippen molar-refractivity contribution in [3.63, 3.8) is 0 Å². The second-order valence-corrected chi connectivity index (χ2v) is 26.8. The van der Waals surface area contributed by atoms with E-state index in [4.69, 9.17) is 8.83 Å². The van der Waals surface area contributed by atoms with E-state index in [1.807, 2.05) is 22.7 Å². The molecule has 1 aliphatic carbocycles. The van der Waals surface area contributed by atoms with Crippen molar-refractivity contribution in [1.82, 2.24) is 9.13 Å². The molecule has 0 amide bonds. The molecule has 0 fully saturated rings. The fourth-order valence-electron chi connectivity index (χ4n) is 15.3. The highest BCUT2D eigenvalue weighted by molar-refractivity contribution is 7.26. The number of fused-ring (bicyclic) bond motifs is 18. The van der Waals surface area contributed by atoms with Gasteiger partial charge in [-0.2, -0.15) is 0 Å². The molecule has 0 radical (unpaired) electrons. The van der Waals surface area contributed by atoms with Crippen molar-refractivity contribution in [3.05, 3.63) is 284 Å². The van der Waals surface area contributed by atoms with Gasteiger partial charge >= 0.3 is 0 Å². The Bertz CT molecular complexity index is 6300. The van der Waals surface area contributed by atoms with Crippen LogP contribution in [-0.4, -0.2) is 9.13 Å². The predicted octanol–water partition coefficient (Wildman–Crippen LogP) is 24.8. The standard InChI is InChI=1S/C85H52N2O2S2/c1-49-34-37-77-71(40-49)60-18-4-9-31-76(60)87(77)57-44-53(51-36-39-79-73(48-51)66-24-13-22-64(83(66)89-79)70-28-15-26-68-62-20-6-11-33-81(62)91-85(68)70)42-55(46-57)54-41-52(43-56(45-54)86-74-29-7-2-16-58(74)59-17-3-8-30-75(59)86)50-35-38-78-72(47-50)65-23-12-21-63(82(65)88-78)69-27-14-25-67-61-19-5-10-32-80(61)90-84(67)69/h2-39,41-49H,40H2,1H3. The Morgan fingerprint density at radius 1 is 0.330 bits per heavy atom. The molecular formula is C85H52N2O2S2. The minimum absolute atomic E-state index is 0.439. The van der Waals surface area contributed by atoms with Crippen LogP contribution in [0.4, 0.5) is 0 Å². The van der Waals surface area contributed by atoms with Crippen molar-refractivity contribution in [2.75, 3.05) is 0 Å². The lowest BCUT2D eigenvalue weighted by Crippen LogP contribution is -2.05. The number of rotatable bonds is 7. The van der Waals surface area contributed by atoms with Crippen LogP contribution >= 0.6 is 22.7 Å². The molecule has 4 nitrogen and oxygen atoms in total. The average molecular weight is 1200 g/mol. The number of furan rings is 2. The molecule has 6 heterocycles. The summed E-state index contributed by atoms with van der Waals surface area (Å²) in [4.78, 5) is 0. The van der Waals surface area contributed by atoms with Gasteiger partial charge in [0.2, 0.25) is 0 Å². The maximum Gasteiger partial charge on any atom is 0.143 e. The van der Waals surface area contributed by atoms with Crippen LogP contribution in [0.15, 0.2) is 282 Å². The second-order valence-electron chi connectivity index (χ2n) is 24.7. The van der Waals surface area contributed by atoms with Crippen LogP contribution in [0.25, 0.3) is 190 Å². The van der Waals surface area contributed by atoms with Gasteiger partial charge in [-0.15, -0.1) is 22.7 Å². The first kappa shape index (κ1) is 50.9. The molecule has 1 aliphatic rings. The summed E-state index contributed by atoms with van der Waals surface area (Å²) in [6.45, 7) is 2.33. The van der Waals surface area contributed by atoms with Crippen molar-refractivity contribution in [2.45, 2.75) is 13.3 Å². The number of benzene rings is 13. The summed E-state index contributed by atoms with van der Waals surface area (Å²) in [7, 11) is 0. The van der Waals surface area contributed by atoms with Gasteiger partial charge in [-0.3, -0.25) is 0 Å². The molecule has 0 spiro atoms. The minimum Gasteiger partial charge on any atom is -0.455 e. The van der Waals surface area contributed by atoms with Gasteiger partial charge in [-0.05, 0) is 148 Å². The van der Waals surface area contributed by atoms with Gasteiger partial charge in [0.1, 0.15) is 22.3 Å². The van der Waals surface area contributed by atoms with Crippen LogP contribution in [0.5, 0.6) is 0 Å². The normalized spacial score (nSPS) is 13.6. The first-order chi connectivity index (χ1) is 45.0. The summed E-state index contributed by atoms with van der Waals surface area (Å²) in [5, 5.41) is 13.3. The molecule has 426 valence electrons. The first-order valence-corrected chi connectivity index (χ1v) is 33.0. The van der Waals surface area contributed by atoms with E-state index in [1.165, 1.54) is 84.4 Å². The van der Waals surface area contributed by atoms with E-state index in [2.05, 4.69) is 295 Å². The van der Waals surface area contributed by atoms with Gasteiger partial charge < -0.3 is 18.0 Å². The Morgan fingerprint density at radius 2 is 0.736 bits per heavy atom. The summed E-state index contributed by atoms with van der Waals surface area (Å²) in [6, 6.07) is 98.8. The number of thiophene rings is 2. The lowest BCUT2D eigenvalue weighted by atomic mass is 9.93. The van der Waals surface area contributed by atoms with Crippen LogP contribution in [0.1, 0.15) is 18.2 Å². The largest absolute Gasteiger partial charge is 0.455 e. The lowest BCUT2D eigenvalue weighted by Gasteiger charge is -2.18. The number of hydrogen-bond donors (Lipinski definition) is 0. The van der Waals surface area contributed by atoms with E-state index in [-0.39, 0.29) is 0 Å². The molecule has 6 aromatic heterocycles. The highest BCUT2D eigenvalue weighted by Gasteiger charge is 2.25. The van der Waals surface area contributed by atoms with Crippen molar-refractivity contribution in [3.8, 4) is 67.0 Å². The quantitative estimate of drug-likeness (QED) is 0.159. The van der Waals surface area contributed by atoms with E-state index in [1.54, 1.807) is 0 Å². The summed E-state index contributed by atoms with van der Waals surface area (Å²) in [5.74, 6) is 0.439. The highest BCUT2D eigenvalue weighted by atomic mass is 32.1. The van der Waals surface area contributed by atoms with Crippen molar-refractivity contribution >= 4 is 146 Å². The summed E-state index contributed by atoms with van der Waals surface area (Å²) in [5.41, 5.74) is 23.2. The second kappa shape index (κ2) is 19.5. The lowest BCUT2D eigenvalue weighted by molar-refractivity contribution is 0.669. The zero-order valence-electron chi connectivity index (χ0n) is 49.4. The number of para-hydroxylation sites is 5. The molecule has 0 bridgehead atoms. The minimum atomic E-state index is 0.439. The van der Waals surface area contributed by atoms with Gasteiger partial charge in [0.05, 0.1) is 16.6 Å². The molecule has 20 rings (SSSR count). The molecular weight excluding hydrogens is 1150 g/mol. The molecule has 19 aromatic rings. The van der Waals surface area contributed by atoms with E-state index < -0.39 is 0 Å². The number of allylic oxidation sites excluding steroid dienone is 1. The monoisotopic (exact) mass is 1200 g/mol. The third kappa shape index (κ3) is 7.67. The molecule has 1 atom stereocenters. The predicted molar refractivity (Wildman–Crippen MR) is 387 cm³/mol. The summed E-state index contributed by atoms with van der Waals surface area (Å²) < 4.78 is 24.1. The molecule has 1 unspecified atom stereocenters. The maximum absolute atomic E-state index is 6.99. The fourth-order valence-corrected chi connectivity index (χ4v) is 17.7. The summed E-state index contributed by atoms with van der Waals surface area (Å²) in [6.07, 6.45) is 5.73. The molecule has 6 heteroatoms. The first-order valence-electron chi connectivity index (χ1n) is 31.3. The number of hydrogen-bond acceptors (Lipinski definition) is 4. The molecule has 0 N–H and O–H groups in total. The van der Waals surface area contributed by atoms with Crippen LogP contribution in [-0.2, 0) is 6.42 Å². The fraction of sp³-hybridized carbons (Fsp3) is 0.0353. The summed E-state index contributed by atoms with van der Waals surface area (Å²) >= 11 is 3.71. The van der Waals surface area contributed by atoms with Gasteiger partial charge in [-0.25, -0.2) is 0 Å². The third-order valence-electron chi connectivity index (χ3n) is 19.4. The van der Waals surface area contributed by atoms with E-state index in [0.29, 0.717) is 5.92 Å². The Hall–Kier alpha value is -11.0. The average Bonchev–Trinajstić information content (AvgIpc) is 1.73. The number of nitrogens with zero attached hydrogens (tertiary/aromatic N) is 2. The van der Waals surface area contributed by atoms with Gasteiger partial charge in [-0.1, -0.05) is 189 Å². The number of aromatic nitrogens is 2. The molecule has 0 saturated heterocycles. The van der Waals surface area contributed by atoms with Crippen molar-refractivity contribution in [2.24, 2.45) is 5.92 Å². The molecule has 91 heavy (non-hydrogen) atoms. The van der Waals surface area contributed by atoms with Gasteiger partial charge in [0.25, 0.3) is 0 Å². The van der Waals surface area contributed by atoms with E-state index in [9.17, 15) is 0 Å². The Morgan fingerprint density at radius 3 is 1.25 bits per heavy atom. The zero-order valence-corrected chi connectivity index (χ0v) is 51.0.